The fraction of sp³-hybridized carbons (Fsp3) is 0.143. The normalized spacial score (nSPS) is 8.45. The van der Waals surface area contributed by atoms with Crippen LogP contribution in [0.25, 0.3) is 0 Å². The van der Waals surface area contributed by atoms with Crippen LogP contribution in [0.1, 0.15) is 5.56 Å². The second-order valence-electron chi connectivity index (χ2n) is 2.09. The Labute approximate surface area is 71.6 Å². The summed E-state index contributed by atoms with van der Waals surface area (Å²) in [5, 5.41) is 10.1. The highest BCUT2D eigenvalue weighted by Gasteiger charge is 2.00. The number of rotatable bonds is 1. The number of non-ortho nitro benzene ring substituents is 1. The van der Waals surface area contributed by atoms with Crippen molar-refractivity contribution in [2.24, 2.45) is 0 Å². The number of benzene rings is 1. The Morgan fingerprint density at radius 1 is 1.27 bits per heavy atom. The highest BCUT2D eigenvalue weighted by atomic mass is 32.1. The highest BCUT2D eigenvalue weighted by molar-refractivity contribution is 7.59. The maximum atomic E-state index is 10.1. The molecule has 1 aromatic rings. The number of nitrogens with zero attached hydrogens (tertiary/aromatic N) is 1. The third-order valence-electron chi connectivity index (χ3n) is 1.24. The van der Waals surface area contributed by atoms with E-state index in [9.17, 15) is 10.1 Å². The summed E-state index contributed by atoms with van der Waals surface area (Å²) < 4.78 is 0. The lowest BCUT2D eigenvalue weighted by atomic mass is 10.2. The molecule has 0 N–H and O–H groups in total. The summed E-state index contributed by atoms with van der Waals surface area (Å²) in [7, 11) is 0. The molecular weight excluding hydrogens is 162 g/mol. The fourth-order valence-electron chi connectivity index (χ4n) is 0.666. The Balaban J connectivity index is 0.000001000. The maximum Gasteiger partial charge on any atom is 0.269 e. The van der Waals surface area contributed by atoms with Gasteiger partial charge in [0.2, 0.25) is 0 Å². The van der Waals surface area contributed by atoms with Gasteiger partial charge in [-0.1, -0.05) is 17.7 Å². The van der Waals surface area contributed by atoms with Crippen molar-refractivity contribution in [3.8, 4) is 0 Å². The molecule has 0 aliphatic rings. The smallest absolute Gasteiger partial charge is 0.258 e. The van der Waals surface area contributed by atoms with Crippen LogP contribution in [0.15, 0.2) is 24.3 Å². The molecule has 11 heavy (non-hydrogen) atoms. The Kier molecular flexibility index (Phi) is 3.60. The number of aryl methyl sites for hydroxylation is 1. The predicted octanol–water partition coefficient (Wildman–Crippen LogP) is 2.02. The van der Waals surface area contributed by atoms with Crippen molar-refractivity contribution in [3.63, 3.8) is 0 Å². The minimum atomic E-state index is -0.403. The van der Waals surface area contributed by atoms with E-state index in [0.29, 0.717) is 0 Å². The van der Waals surface area contributed by atoms with E-state index in [1.165, 1.54) is 12.1 Å². The molecule has 1 aromatic carbocycles. The zero-order valence-electron chi connectivity index (χ0n) is 6.07. The Bertz CT molecular complexity index is 245. The van der Waals surface area contributed by atoms with E-state index >= 15 is 0 Å². The Morgan fingerprint density at radius 2 is 1.73 bits per heavy atom. The molecule has 0 amide bonds. The Morgan fingerprint density at radius 3 is 2.09 bits per heavy atom. The molecule has 0 aliphatic heterocycles. The van der Waals surface area contributed by atoms with Crippen molar-refractivity contribution in [1.29, 1.82) is 0 Å². The van der Waals surface area contributed by atoms with Gasteiger partial charge >= 0.3 is 0 Å². The zero-order chi connectivity index (χ0) is 7.56. The monoisotopic (exact) mass is 171 g/mol. The van der Waals surface area contributed by atoms with E-state index in [0.717, 1.165) is 5.56 Å². The average molecular weight is 171 g/mol. The van der Waals surface area contributed by atoms with Crippen molar-refractivity contribution in [3.05, 3.63) is 39.9 Å². The lowest BCUT2D eigenvalue weighted by Gasteiger charge is -1.90. The summed E-state index contributed by atoms with van der Waals surface area (Å²) >= 11 is 0. The molecule has 0 atom stereocenters. The standard InChI is InChI=1S/C7H7NO2.H2S/c1-6-2-4-7(5-3-6)8(9)10;/h2-5H,1H3;1H2. The van der Waals surface area contributed by atoms with Gasteiger partial charge < -0.3 is 0 Å². The largest absolute Gasteiger partial charge is 0.269 e. The van der Waals surface area contributed by atoms with Crippen LogP contribution in [-0.2, 0) is 0 Å². The van der Waals surface area contributed by atoms with Crippen LogP contribution in [0.5, 0.6) is 0 Å². The van der Waals surface area contributed by atoms with Crippen LogP contribution in [-0.4, -0.2) is 4.92 Å². The SMILES string of the molecule is Cc1ccc([N+](=O)[O-])cc1.S. The summed E-state index contributed by atoms with van der Waals surface area (Å²) in [5.74, 6) is 0. The van der Waals surface area contributed by atoms with E-state index in [2.05, 4.69) is 0 Å². The van der Waals surface area contributed by atoms with E-state index in [-0.39, 0.29) is 19.2 Å². The molecule has 0 radical (unpaired) electrons. The van der Waals surface area contributed by atoms with Gasteiger partial charge in [0.15, 0.2) is 0 Å². The third-order valence-corrected chi connectivity index (χ3v) is 1.24. The molecule has 1 rings (SSSR count). The van der Waals surface area contributed by atoms with Gasteiger partial charge in [0.05, 0.1) is 4.92 Å². The third kappa shape index (κ3) is 2.59. The summed E-state index contributed by atoms with van der Waals surface area (Å²) in [4.78, 5) is 9.71. The molecule has 0 unspecified atom stereocenters. The Hall–Kier alpha value is -1.03. The summed E-state index contributed by atoms with van der Waals surface area (Å²) in [6, 6.07) is 6.43. The molecule has 0 heterocycles. The predicted molar refractivity (Wildman–Crippen MR) is 48.2 cm³/mol. The molecule has 0 fully saturated rings. The number of hydrogen-bond acceptors (Lipinski definition) is 2. The van der Waals surface area contributed by atoms with Gasteiger partial charge in [-0.2, -0.15) is 13.5 Å². The van der Waals surface area contributed by atoms with Crippen LogP contribution >= 0.6 is 13.5 Å². The molecule has 60 valence electrons. The molecule has 0 saturated carbocycles. The van der Waals surface area contributed by atoms with Gasteiger partial charge in [0.25, 0.3) is 5.69 Å². The second-order valence-corrected chi connectivity index (χ2v) is 2.09. The number of hydrogen-bond donors (Lipinski definition) is 0. The zero-order valence-corrected chi connectivity index (χ0v) is 7.07. The van der Waals surface area contributed by atoms with Crippen molar-refractivity contribution in [2.45, 2.75) is 6.92 Å². The topological polar surface area (TPSA) is 43.1 Å². The lowest BCUT2D eigenvalue weighted by Crippen LogP contribution is -1.86. The first-order valence-corrected chi connectivity index (χ1v) is 2.91. The fourth-order valence-corrected chi connectivity index (χ4v) is 0.666. The molecule has 0 spiro atoms. The van der Waals surface area contributed by atoms with Crippen LogP contribution < -0.4 is 0 Å². The number of nitro groups is 1. The van der Waals surface area contributed by atoms with Crippen LogP contribution in [0.3, 0.4) is 0 Å². The maximum absolute atomic E-state index is 10.1. The minimum absolute atomic E-state index is 0. The molecule has 3 nitrogen and oxygen atoms in total. The van der Waals surface area contributed by atoms with Crippen molar-refractivity contribution in [1.82, 2.24) is 0 Å². The minimum Gasteiger partial charge on any atom is -0.258 e. The number of nitro benzene ring substituents is 1. The van der Waals surface area contributed by atoms with Crippen LogP contribution in [0.2, 0.25) is 0 Å². The molecule has 0 aliphatic carbocycles. The van der Waals surface area contributed by atoms with E-state index in [1.807, 2.05) is 6.92 Å². The summed E-state index contributed by atoms with van der Waals surface area (Å²) in [5.41, 5.74) is 1.18. The highest BCUT2D eigenvalue weighted by Crippen LogP contribution is 2.10. The van der Waals surface area contributed by atoms with E-state index in [4.69, 9.17) is 0 Å². The summed E-state index contributed by atoms with van der Waals surface area (Å²) in [6.45, 7) is 1.89. The van der Waals surface area contributed by atoms with Crippen molar-refractivity contribution >= 4 is 19.2 Å². The van der Waals surface area contributed by atoms with Gasteiger partial charge in [-0.25, -0.2) is 0 Å². The summed E-state index contributed by atoms with van der Waals surface area (Å²) in [6.07, 6.45) is 0. The second kappa shape index (κ2) is 3.98. The van der Waals surface area contributed by atoms with Crippen molar-refractivity contribution < 1.29 is 4.92 Å². The molecule has 0 bridgehead atoms. The molecule has 0 aromatic heterocycles. The molecule has 0 saturated heterocycles. The molecular formula is C7H9NO2S. The van der Waals surface area contributed by atoms with Gasteiger partial charge in [0.1, 0.15) is 0 Å². The first kappa shape index (κ1) is 9.97. The van der Waals surface area contributed by atoms with Crippen LogP contribution in [0.4, 0.5) is 5.69 Å². The quantitative estimate of drug-likeness (QED) is 0.479. The van der Waals surface area contributed by atoms with Gasteiger partial charge in [0, 0.05) is 12.1 Å². The van der Waals surface area contributed by atoms with E-state index < -0.39 is 4.92 Å². The van der Waals surface area contributed by atoms with E-state index in [1.54, 1.807) is 12.1 Å². The first-order valence-electron chi connectivity index (χ1n) is 2.91. The lowest BCUT2D eigenvalue weighted by molar-refractivity contribution is -0.384. The average Bonchev–Trinajstić information content (AvgIpc) is 1.88. The van der Waals surface area contributed by atoms with Gasteiger partial charge in [-0.05, 0) is 6.92 Å². The van der Waals surface area contributed by atoms with Crippen LogP contribution in [0, 0.1) is 17.0 Å². The van der Waals surface area contributed by atoms with Gasteiger partial charge in [-0.15, -0.1) is 0 Å². The van der Waals surface area contributed by atoms with Gasteiger partial charge in [-0.3, -0.25) is 10.1 Å². The first-order chi connectivity index (χ1) is 4.70. The molecule has 4 heteroatoms. The van der Waals surface area contributed by atoms with Crippen molar-refractivity contribution in [2.75, 3.05) is 0 Å².